The van der Waals surface area contributed by atoms with Crippen LogP contribution in [0.2, 0.25) is 0 Å². The number of para-hydroxylation sites is 1. The first-order valence-corrected chi connectivity index (χ1v) is 9.22. The van der Waals surface area contributed by atoms with E-state index in [1.165, 1.54) is 6.07 Å². The summed E-state index contributed by atoms with van der Waals surface area (Å²) in [4.78, 5) is 37.6. The van der Waals surface area contributed by atoms with Crippen molar-refractivity contribution < 1.29 is 4.92 Å². The average Bonchev–Trinajstić information content (AvgIpc) is 2.69. The lowest BCUT2D eigenvalue weighted by molar-refractivity contribution is -0.385. The zero-order valence-corrected chi connectivity index (χ0v) is 15.0. The van der Waals surface area contributed by atoms with E-state index in [2.05, 4.69) is 19.9 Å². The number of hydrogen-bond donors (Lipinski definition) is 1. The second-order valence-electron chi connectivity index (χ2n) is 6.97. The molecular formula is C19H21N5O3. The summed E-state index contributed by atoms with van der Waals surface area (Å²) in [5, 5.41) is 11.2. The molecule has 0 saturated carbocycles. The summed E-state index contributed by atoms with van der Waals surface area (Å²) >= 11 is 0. The third-order valence-electron chi connectivity index (χ3n) is 5.13. The van der Waals surface area contributed by atoms with Gasteiger partial charge in [0.1, 0.15) is 0 Å². The molecule has 0 radical (unpaired) electrons. The molecule has 0 saturated heterocycles. The van der Waals surface area contributed by atoms with Crippen LogP contribution in [0.4, 0.5) is 5.69 Å². The number of benzene rings is 1. The zero-order valence-electron chi connectivity index (χ0n) is 15.0. The predicted molar refractivity (Wildman–Crippen MR) is 101 cm³/mol. The van der Waals surface area contributed by atoms with Gasteiger partial charge in [0.05, 0.1) is 21.9 Å². The number of nitrogens with zero attached hydrogens (tertiary/aromatic N) is 4. The Labute approximate surface area is 156 Å². The Morgan fingerprint density at radius 1 is 1.22 bits per heavy atom. The number of rotatable bonds is 4. The fourth-order valence-electron chi connectivity index (χ4n) is 3.71. The number of aromatic amines is 1. The van der Waals surface area contributed by atoms with Gasteiger partial charge in [-0.05, 0) is 19.3 Å². The quantitative estimate of drug-likeness (QED) is 0.659. The van der Waals surface area contributed by atoms with E-state index in [9.17, 15) is 14.9 Å². The molecule has 1 aromatic heterocycles. The van der Waals surface area contributed by atoms with Crippen LogP contribution in [-0.2, 0) is 19.5 Å². The molecule has 0 aliphatic carbocycles. The highest BCUT2D eigenvalue weighted by atomic mass is 16.6. The molecule has 2 aliphatic rings. The summed E-state index contributed by atoms with van der Waals surface area (Å²) in [6.07, 6.45) is 3.66. The monoisotopic (exact) mass is 367 g/mol. The van der Waals surface area contributed by atoms with Gasteiger partial charge in [-0.3, -0.25) is 24.8 Å². The molecule has 2 aromatic rings. The maximum atomic E-state index is 12.6. The van der Waals surface area contributed by atoms with Crippen LogP contribution < -0.4 is 5.56 Å². The smallest absolute Gasteiger partial charge is 0.273 e. The number of fused-ring (bicyclic) bond motifs is 1. The van der Waals surface area contributed by atoms with E-state index < -0.39 is 0 Å². The first-order valence-electron chi connectivity index (χ1n) is 9.22. The number of aromatic nitrogens is 2. The fraction of sp³-hybridized carbons (Fsp3) is 0.421. The summed E-state index contributed by atoms with van der Waals surface area (Å²) in [6, 6.07) is 6.74. The molecule has 0 spiro atoms. The van der Waals surface area contributed by atoms with E-state index in [-0.39, 0.29) is 16.2 Å². The van der Waals surface area contributed by atoms with E-state index in [4.69, 9.17) is 0 Å². The van der Waals surface area contributed by atoms with Gasteiger partial charge in [-0.15, -0.1) is 0 Å². The molecule has 27 heavy (non-hydrogen) atoms. The van der Waals surface area contributed by atoms with Gasteiger partial charge in [0.25, 0.3) is 11.2 Å². The average molecular weight is 367 g/mol. The Balaban J connectivity index is 1.56. The number of H-pyrrole nitrogens is 1. The SMILES string of the molecule is O=c1[nH]c(C2=NCCCC2)nc2c1CN(Cc1ccccc1[N+](=O)[O-])CC2. The van der Waals surface area contributed by atoms with Gasteiger partial charge in [0.2, 0.25) is 0 Å². The third-order valence-corrected chi connectivity index (χ3v) is 5.13. The lowest BCUT2D eigenvalue weighted by Crippen LogP contribution is -2.36. The second kappa shape index (κ2) is 7.40. The number of nitro benzene ring substituents is 1. The van der Waals surface area contributed by atoms with Crippen molar-refractivity contribution in [3.63, 3.8) is 0 Å². The molecule has 3 heterocycles. The van der Waals surface area contributed by atoms with Gasteiger partial charge < -0.3 is 4.98 Å². The van der Waals surface area contributed by atoms with Crippen LogP contribution in [0, 0.1) is 10.1 Å². The molecular weight excluding hydrogens is 346 g/mol. The number of nitrogens with one attached hydrogen (secondary N) is 1. The topological polar surface area (TPSA) is 104 Å². The van der Waals surface area contributed by atoms with Crippen LogP contribution >= 0.6 is 0 Å². The Kier molecular flexibility index (Phi) is 4.81. The highest BCUT2D eigenvalue weighted by Gasteiger charge is 2.24. The minimum Gasteiger partial charge on any atom is -0.305 e. The van der Waals surface area contributed by atoms with Crippen molar-refractivity contribution in [1.82, 2.24) is 14.9 Å². The van der Waals surface area contributed by atoms with Gasteiger partial charge in [0.15, 0.2) is 5.82 Å². The van der Waals surface area contributed by atoms with E-state index in [1.54, 1.807) is 18.2 Å². The van der Waals surface area contributed by atoms with Crippen LogP contribution in [0.15, 0.2) is 34.1 Å². The molecule has 4 rings (SSSR count). The van der Waals surface area contributed by atoms with Gasteiger partial charge in [-0.1, -0.05) is 18.2 Å². The number of aliphatic imine (C=N–C) groups is 1. The van der Waals surface area contributed by atoms with Gasteiger partial charge in [-0.25, -0.2) is 4.98 Å². The standard InChI is InChI=1S/C19H21N5O3/c25-19-14-12-23(11-13-5-1-2-7-17(13)24(26)27)10-8-15(14)21-18(22-19)16-6-3-4-9-20-16/h1-2,5,7H,3-4,6,8-12H2,(H,21,22,25). The Bertz CT molecular complexity index is 966. The molecule has 8 nitrogen and oxygen atoms in total. The van der Waals surface area contributed by atoms with Crippen molar-refractivity contribution in [1.29, 1.82) is 0 Å². The molecule has 8 heteroatoms. The molecule has 2 aliphatic heterocycles. The molecule has 0 bridgehead atoms. The van der Waals surface area contributed by atoms with Crippen molar-refractivity contribution in [2.24, 2.45) is 4.99 Å². The van der Waals surface area contributed by atoms with Crippen LogP contribution in [0.1, 0.15) is 41.9 Å². The van der Waals surface area contributed by atoms with Crippen molar-refractivity contribution in [2.75, 3.05) is 13.1 Å². The fourth-order valence-corrected chi connectivity index (χ4v) is 3.71. The summed E-state index contributed by atoms with van der Waals surface area (Å²) in [7, 11) is 0. The van der Waals surface area contributed by atoms with Crippen molar-refractivity contribution in [3.8, 4) is 0 Å². The van der Waals surface area contributed by atoms with E-state index in [1.807, 2.05) is 0 Å². The Morgan fingerprint density at radius 3 is 2.85 bits per heavy atom. The highest BCUT2D eigenvalue weighted by Crippen LogP contribution is 2.23. The van der Waals surface area contributed by atoms with Crippen molar-refractivity contribution in [3.05, 3.63) is 67.4 Å². The van der Waals surface area contributed by atoms with E-state index in [0.29, 0.717) is 43.0 Å². The van der Waals surface area contributed by atoms with Gasteiger partial charge in [-0.2, -0.15) is 0 Å². The Morgan fingerprint density at radius 2 is 2.07 bits per heavy atom. The first kappa shape index (κ1) is 17.5. The normalized spacial score (nSPS) is 17.3. The van der Waals surface area contributed by atoms with Gasteiger partial charge >= 0.3 is 0 Å². The molecule has 1 N–H and O–H groups in total. The summed E-state index contributed by atoms with van der Waals surface area (Å²) in [5.41, 5.74) is 3.00. The molecule has 0 amide bonds. The predicted octanol–water partition coefficient (Wildman–Crippen LogP) is 2.21. The Hall–Kier alpha value is -2.87. The zero-order chi connectivity index (χ0) is 18.8. The highest BCUT2D eigenvalue weighted by molar-refractivity contribution is 5.97. The van der Waals surface area contributed by atoms with Crippen LogP contribution in [0.3, 0.4) is 0 Å². The summed E-state index contributed by atoms with van der Waals surface area (Å²) < 4.78 is 0. The lowest BCUT2D eigenvalue weighted by atomic mass is 10.0. The maximum Gasteiger partial charge on any atom is 0.273 e. The maximum absolute atomic E-state index is 12.6. The van der Waals surface area contributed by atoms with Crippen LogP contribution in [0.5, 0.6) is 0 Å². The lowest BCUT2D eigenvalue weighted by Gasteiger charge is -2.27. The molecule has 140 valence electrons. The largest absolute Gasteiger partial charge is 0.305 e. The molecule has 0 unspecified atom stereocenters. The van der Waals surface area contributed by atoms with Crippen molar-refractivity contribution >= 4 is 11.4 Å². The molecule has 1 aromatic carbocycles. The second-order valence-corrected chi connectivity index (χ2v) is 6.97. The summed E-state index contributed by atoms with van der Waals surface area (Å²) in [6.45, 7) is 2.38. The first-order chi connectivity index (χ1) is 13.1. The molecule has 0 atom stereocenters. The summed E-state index contributed by atoms with van der Waals surface area (Å²) in [5.74, 6) is 0.602. The van der Waals surface area contributed by atoms with Crippen LogP contribution in [0.25, 0.3) is 0 Å². The van der Waals surface area contributed by atoms with Crippen molar-refractivity contribution in [2.45, 2.75) is 38.8 Å². The number of hydrogen-bond acceptors (Lipinski definition) is 6. The molecule has 0 fully saturated rings. The minimum atomic E-state index is -0.362. The third kappa shape index (κ3) is 3.66. The minimum absolute atomic E-state index is 0.112. The van der Waals surface area contributed by atoms with Crippen LogP contribution in [-0.4, -0.2) is 38.6 Å². The van der Waals surface area contributed by atoms with Gasteiger partial charge in [0, 0.05) is 44.2 Å². The van der Waals surface area contributed by atoms with E-state index >= 15 is 0 Å². The number of nitro groups is 1. The van der Waals surface area contributed by atoms with E-state index in [0.717, 1.165) is 37.2 Å².